The van der Waals surface area contributed by atoms with Crippen LogP contribution in [0.2, 0.25) is 0 Å². The molecule has 0 unspecified atom stereocenters. The van der Waals surface area contributed by atoms with Gasteiger partial charge in [0, 0.05) is 6.54 Å². The number of nitrogens with one attached hydrogen (secondary N) is 1. The number of hydrogen-bond donors (Lipinski definition) is 1. The van der Waals surface area contributed by atoms with Crippen LogP contribution in [0.3, 0.4) is 0 Å². The van der Waals surface area contributed by atoms with Gasteiger partial charge in [-0.25, -0.2) is 17.6 Å². The number of sulfonamides is 1. The Morgan fingerprint density at radius 3 is 2.56 bits per heavy atom. The van der Waals surface area contributed by atoms with E-state index in [1.165, 1.54) is 41.7 Å². The van der Waals surface area contributed by atoms with Gasteiger partial charge in [0.25, 0.3) is 15.9 Å². The molecular weight excluding hydrogens is 463 g/mol. The van der Waals surface area contributed by atoms with E-state index in [2.05, 4.69) is 5.32 Å². The summed E-state index contributed by atoms with van der Waals surface area (Å²) in [6.07, 6.45) is 0.581. The lowest BCUT2D eigenvalue weighted by atomic mass is 10.2. The van der Waals surface area contributed by atoms with Crippen molar-refractivity contribution in [3.05, 3.63) is 83.7 Å². The van der Waals surface area contributed by atoms with Gasteiger partial charge >= 0.3 is 5.97 Å². The number of carbonyl (C=O) groups excluding carboxylic acids is 2. The molecule has 0 spiro atoms. The quantitative estimate of drug-likeness (QED) is 0.516. The van der Waals surface area contributed by atoms with E-state index in [0.717, 1.165) is 11.6 Å². The Morgan fingerprint density at radius 2 is 1.79 bits per heavy atom. The molecule has 0 saturated heterocycles. The number of ether oxygens (including phenoxy) is 2. The molecule has 3 aromatic rings. The van der Waals surface area contributed by atoms with Crippen LogP contribution in [0.5, 0.6) is 5.75 Å². The number of hydrogen-bond acceptors (Lipinski definition) is 6. The van der Waals surface area contributed by atoms with Crippen LogP contribution in [0.25, 0.3) is 0 Å². The minimum Gasteiger partial charge on any atom is -0.496 e. The summed E-state index contributed by atoms with van der Waals surface area (Å²) < 4.78 is 51.8. The maximum Gasteiger partial charge on any atom is 0.342 e. The molecule has 0 atom stereocenters. The highest BCUT2D eigenvalue weighted by molar-refractivity contribution is 7.92. The monoisotopic (exact) mass is 484 g/mol. The fraction of sp³-hybridized carbons (Fsp3) is 0.167. The highest BCUT2D eigenvalue weighted by atomic mass is 32.2. The Balaban J connectivity index is 1.53. The lowest BCUT2D eigenvalue weighted by Crippen LogP contribution is -2.29. The van der Waals surface area contributed by atoms with Gasteiger partial charge in [-0.2, -0.15) is 0 Å². The zero-order chi connectivity index (χ0) is 24.3. The maximum atomic E-state index is 13.7. The molecule has 1 heterocycles. The van der Waals surface area contributed by atoms with Crippen LogP contribution in [0.15, 0.2) is 71.6 Å². The predicted molar refractivity (Wildman–Crippen MR) is 123 cm³/mol. The minimum atomic E-state index is -3.96. The molecule has 1 amide bonds. The number of carbonyl (C=O) groups is 2. The molecular formula is C24H21FN2O6S. The van der Waals surface area contributed by atoms with Crippen LogP contribution in [-0.2, 0) is 26.0 Å². The molecule has 1 aliphatic heterocycles. The summed E-state index contributed by atoms with van der Waals surface area (Å²) in [6.45, 7) is -0.420. The number of nitrogens with zero attached hydrogens (tertiary/aromatic N) is 1. The van der Waals surface area contributed by atoms with Crippen LogP contribution in [0.4, 0.5) is 15.8 Å². The van der Waals surface area contributed by atoms with Crippen molar-refractivity contribution in [3.8, 4) is 5.75 Å². The van der Waals surface area contributed by atoms with E-state index in [1.54, 1.807) is 18.2 Å². The molecule has 0 radical (unpaired) electrons. The zero-order valence-electron chi connectivity index (χ0n) is 18.2. The number of anilines is 2. The largest absolute Gasteiger partial charge is 0.496 e. The zero-order valence-corrected chi connectivity index (χ0v) is 19.0. The molecule has 34 heavy (non-hydrogen) atoms. The fourth-order valence-electron chi connectivity index (χ4n) is 3.65. The molecule has 0 bridgehead atoms. The second kappa shape index (κ2) is 9.52. The highest BCUT2D eigenvalue weighted by Crippen LogP contribution is 2.34. The van der Waals surface area contributed by atoms with Gasteiger partial charge in [-0.1, -0.05) is 30.3 Å². The SMILES string of the molecule is COc1ccc(S(=O)(=O)N2CCc3ccccc32)cc1C(=O)OCC(=O)Nc1ccccc1F. The normalized spacial score (nSPS) is 12.7. The number of rotatable bonds is 7. The van der Waals surface area contributed by atoms with Crippen molar-refractivity contribution < 1.29 is 31.9 Å². The molecule has 3 aromatic carbocycles. The molecule has 10 heteroatoms. The first kappa shape index (κ1) is 23.2. The van der Waals surface area contributed by atoms with Gasteiger partial charge in [0.1, 0.15) is 17.1 Å². The molecule has 0 fully saturated rings. The minimum absolute atomic E-state index is 0.0554. The van der Waals surface area contributed by atoms with Gasteiger partial charge in [0.05, 0.1) is 23.4 Å². The standard InChI is InChI=1S/C24H21FN2O6S/c1-32-22-11-10-17(34(30,31)27-13-12-16-6-2-5-9-21(16)27)14-18(22)24(29)33-15-23(28)26-20-8-4-3-7-19(20)25/h2-11,14H,12-13,15H2,1H3,(H,26,28). The molecule has 0 aromatic heterocycles. The Hall–Kier alpha value is -3.92. The second-order valence-corrected chi connectivity index (χ2v) is 9.28. The second-order valence-electron chi connectivity index (χ2n) is 7.42. The molecule has 0 aliphatic carbocycles. The number of amides is 1. The van der Waals surface area contributed by atoms with Crippen LogP contribution in [0.1, 0.15) is 15.9 Å². The Bertz CT molecular complexity index is 1360. The summed E-state index contributed by atoms with van der Waals surface area (Å²) in [5.74, 6) is -2.26. The van der Waals surface area contributed by atoms with E-state index in [0.29, 0.717) is 12.1 Å². The van der Waals surface area contributed by atoms with Gasteiger partial charge in [-0.3, -0.25) is 9.10 Å². The maximum absolute atomic E-state index is 13.7. The average molecular weight is 485 g/mol. The topological polar surface area (TPSA) is 102 Å². The molecule has 4 rings (SSSR count). The van der Waals surface area contributed by atoms with Crippen LogP contribution in [0, 0.1) is 5.82 Å². The van der Waals surface area contributed by atoms with E-state index < -0.39 is 34.3 Å². The van der Waals surface area contributed by atoms with E-state index in [9.17, 15) is 22.4 Å². The van der Waals surface area contributed by atoms with Crippen molar-refractivity contribution >= 4 is 33.3 Å². The van der Waals surface area contributed by atoms with E-state index in [-0.39, 0.29) is 28.4 Å². The number of para-hydroxylation sites is 2. The fourth-order valence-corrected chi connectivity index (χ4v) is 5.18. The summed E-state index contributed by atoms with van der Waals surface area (Å²) >= 11 is 0. The number of benzene rings is 3. The summed E-state index contributed by atoms with van der Waals surface area (Å²) in [4.78, 5) is 24.6. The van der Waals surface area contributed by atoms with E-state index >= 15 is 0 Å². The summed E-state index contributed by atoms with van der Waals surface area (Å²) in [5, 5.41) is 2.30. The third-order valence-electron chi connectivity index (χ3n) is 5.31. The van der Waals surface area contributed by atoms with Crippen molar-refractivity contribution in [1.29, 1.82) is 0 Å². The van der Waals surface area contributed by atoms with Crippen LogP contribution >= 0.6 is 0 Å². The number of fused-ring (bicyclic) bond motifs is 1. The van der Waals surface area contributed by atoms with Gasteiger partial charge in [0.2, 0.25) is 0 Å². The van der Waals surface area contributed by atoms with Gasteiger partial charge in [0.15, 0.2) is 6.61 Å². The van der Waals surface area contributed by atoms with Gasteiger partial charge in [-0.05, 0) is 48.4 Å². The lowest BCUT2D eigenvalue weighted by molar-refractivity contribution is -0.119. The van der Waals surface area contributed by atoms with E-state index in [1.807, 2.05) is 12.1 Å². The van der Waals surface area contributed by atoms with Crippen molar-refractivity contribution in [1.82, 2.24) is 0 Å². The smallest absolute Gasteiger partial charge is 0.342 e. The number of esters is 1. The first-order chi connectivity index (χ1) is 16.3. The van der Waals surface area contributed by atoms with E-state index in [4.69, 9.17) is 9.47 Å². The van der Waals surface area contributed by atoms with Crippen LogP contribution in [-0.4, -0.2) is 40.6 Å². The van der Waals surface area contributed by atoms with Crippen molar-refractivity contribution in [3.63, 3.8) is 0 Å². The lowest BCUT2D eigenvalue weighted by Gasteiger charge is -2.20. The molecule has 1 N–H and O–H groups in total. The van der Waals surface area contributed by atoms with Crippen molar-refractivity contribution in [2.45, 2.75) is 11.3 Å². The summed E-state index contributed by atoms with van der Waals surface area (Å²) in [6, 6.07) is 16.6. The Morgan fingerprint density at radius 1 is 1.06 bits per heavy atom. The molecule has 0 saturated carbocycles. The van der Waals surface area contributed by atoms with Gasteiger partial charge < -0.3 is 14.8 Å². The predicted octanol–water partition coefficient (Wildman–Crippen LogP) is 3.38. The Kier molecular flexibility index (Phi) is 6.51. The number of halogens is 1. The van der Waals surface area contributed by atoms with Crippen molar-refractivity contribution in [2.75, 3.05) is 29.9 Å². The first-order valence-corrected chi connectivity index (χ1v) is 11.8. The Labute approximate surface area is 196 Å². The average Bonchev–Trinajstić information content (AvgIpc) is 3.28. The first-order valence-electron chi connectivity index (χ1n) is 10.3. The third-order valence-corrected chi connectivity index (χ3v) is 7.11. The van der Waals surface area contributed by atoms with Crippen molar-refractivity contribution in [2.24, 2.45) is 0 Å². The summed E-state index contributed by atoms with van der Waals surface area (Å²) in [5.41, 5.74) is 1.29. The third kappa shape index (κ3) is 4.58. The molecule has 1 aliphatic rings. The van der Waals surface area contributed by atoms with Crippen LogP contribution < -0.4 is 14.4 Å². The summed E-state index contributed by atoms with van der Waals surface area (Å²) in [7, 11) is -2.64. The highest BCUT2D eigenvalue weighted by Gasteiger charge is 2.32. The van der Waals surface area contributed by atoms with Gasteiger partial charge in [-0.15, -0.1) is 0 Å². The molecule has 176 valence electrons. The number of methoxy groups -OCH3 is 1. The molecule has 8 nitrogen and oxygen atoms in total.